The summed E-state index contributed by atoms with van der Waals surface area (Å²) in [5.74, 6) is -2.89. The Morgan fingerprint density at radius 3 is 2.53 bits per heavy atom. The van der Waals surface area contributed by atoms with Crippen LogP contribution < -0.4 is 4.74 Å². The molecule has 0 aliphatic heterocycles. The Morgan fingerprint density at radius 2 is 2.00 bits per heavy atom. The fraction of sp³-hybridized carbons (Fsp3) is 0.100. The van der Waals surface area contributed by atoms with E-state index in [0.717, 1.165) is 12.1 Å². The minimum atomic E-state index is -4.97. The lowest BCUT2D eigenvalue weighted by atomic mass is 10.1. The first-order valence-corrected chi connectivity index (χ1v) is 4.28. The van der Waals surface area contributed by atoms with Gasteiger partial charge in [0.2, 0.25) is 0 Å². The van der Waals surface area contributed by atoms with E-state index in [1.165, 1.54) is 12.1 Å². The molecule has 0 atom stereocenters. The monoisotopic (exact) mass is 248 g/mol. The van der Waals surface area contributed by atoms with E-state index in [0.29, 0.717) is 6.08 Å². The predicted molar refractivity (Wildman–Crippen MR) is 51.5 cm³/mol. The van der Waals surface area contributed by atoms with Crippen molar-refractivity contribution in [3.63, 3.8) is 0 Å². The van der Waals surface area contributed by atoms with Gasteiger partial charge in [-0.05, 0) is 12.1 Å². The van der Waals surface area contributed by atoms with Gasteiger partial charge in [-0.2, -0.15) is 0 Å². The molecule has 0 unspecified atom stereocenters. The summed E-state index contributed by atoms with van der Waals surface area (Å²) >= 11 is 0. The van der Waals surface area contributed by atoms with Gasteiger partial charge >= 0.3 is 12.3 Å². The largest absolute Gasteiger partial charge is 0.573 e. The van der Waals surface area contributed by atoms with E-state index in [9.17, 15) is 23.1 Å². The molecule has 17 heavy (non-hydrogen) atoms. The molecule has 0 aliphatic carbocycles. The van der Waals surface area contributed by atoms with Crippen molar-refractivity contribution in [2.75, 3.05) is 0 Å². The molecule has 2 N–H and O–H groups in total. The molecule has 0 amide bonds. The first-order valence-electron chi connectivity index (χ1n) is 4.28. The number of aliphatic carboxylic acids is 1. The highest BCUT2D eigenvalue weighted by atomic mass is 19.4. The van der Waals surface area contributed by atoms with Crippen molar-refractivity contribution in [2.45, 2.75) is 6.36 Å². The van der Waals surface area contributed by atoms with E-state index in [2.05, 4.69) is 4.74 Å². The van der Waals surface area contributed by atoms with E-state index < -0.39 is 23.8 Å². The maximum Gasteiger partial charge on any atom is 0.573 e. The summed E-state index contributed by atoms with van der Waals surface area (Å²) in [4.78, 5) is 10.2. The second kappa shape index (κ2) is 4.77. The molecule has 0 bridgehead atoms. The predicted octanol–water partition coefficient (Wildman–Crippen LogP) is 2.39. The van der Waals surface area contributed by atoms with E-state index in [1.54, 1.807) is 0 Å². The second-order valence-corrected chi connectivity index (χ2v) is 2.91. The Labute approximate surface area is 93.6 Å². The van der Waals surface area contributed by atoms with Crippen molar-refractivity contribution < 1.29 is 32.9 Å². The summed E-state index contributed by atoms with van der Waals surface area (Å²) in [6, 6.07) is 3.44. The van der Waals surface area contributed by atoms with Gasteiger partial charge in [-0.25, -0.2) is 4.79 Å². The highest BCUT2D eigenvalue weighted by Gasteiger charge is 2.33. The van der Waals surface area contributed by atoms with Crippen LogP contribution in [0.2, 0.25) is 0 Å². The number of para-hydroxylation sites is 1. The summed E-state index contributed by atoms with van der Waals surface area (Å²) in [6.45, 7) is 0. The highest BCUT2D eigenvalue weighted by Crippen LogP contribution is 2.35. The molecule has 0 aliphatic rings. The maximum atomic E-state index is 12.0. The highest BCUT2D eigenvalue weighted by molar-refractivity contribution is 5.86. The molecule has 0 aromatic heterocycles. The van der Waals surface area contributed by atoms with Crippen LogP contribution in [0.5, 0.6) is 11.5 Å². The number of hydrogen-bond donors (Lipinski definition) is 2. The number of aromatic hydroxyl groups is 1. The van der Waals surface area contributed by atoms with Crippen LogP contribution in [0, 0.1) is 0 Å². The standard InChI is InChI=1S/C10H7F3O4/c11-10(12,13)17-9-6(4-5-8(15)16)2-1-3-7(9)14/h1-5,14H,(H,15,16)/b5-4+. The quantitative estimate of drug-likeness (QED) is 0.806. The van der Waals surface area contributed by atoms with Gasteiger partial charge in [-0.1, -0.05) is 12.1 Å². The second-order valence-electron chi connectivity index (χ2n) is 2.91. The van der Waals surface area contributed by atoms with Gasteiger partial charge in [0.15, 0.2) is 11.5 Å². The Hall–Kier alpha value is -2.18. The number of rotatable bonds is 3. The SMILES string of the molecule is O=C(O)/C=C/c1cccc(O)c1OC(F)(F)F. The molecule has 0 saturated heterocycles. The molecule has 1 rings (SSSR count). The zero-order valence-corrected chi connectivity index (χ0v) is 8.23. The van der Waals surface area contributed by atoms with Crippen LogP contribution in [0.3, 0.4) is 0 Å². The number of phenolic OH excluding ortho intramolecular Hbond substituents is 1. The number of ether oxygens (including phenoxy) is 1. The number of carboxylic acid groups (broad SMARTS) is 1. The Bertz CT molecular complexity index is 451. The fourth-order valence-corrected chi connectivity index (χ4v) is 1.06. The molecule has 0 spiro atoms. The smallest absolute Gasteiger partial charge is 0.504 e. The minimum Gasteiger partial charge on any atom is -0.504 e. The zero-order chi connectivity index (χ0) is 13.1. The third-order valence-electron chi connectivity index (χ3n) is 1.65. The summed E-state index contributed by atoms with van der Waals surface area (Å²) in [7, 11) is 0. The molecule has 1 aromatic carbocycles. The lowest BCUT2D eigenvalue weighted by molar-refractivity contribution is -0.275. The van der Waals surface area contributed by atoms with Crippen molar-refractivity contribution in [2.24, 2.45) is 0 Å². The maximum absolute atomic E-state index is 12.0. The van der Waals surface area contributed by atoms with Gasteiger partial charge < -0.3 is 14.9 Å². The zero-order valence-electron chi connectivity index (χ0n) is 8.23. The molecule has 92 valence electrons. The molecule has 1 aromatic rings. The van der Waals surface area contributed by atoms with E-state index in [4.69, 9.17) is 5.11 Å². The summed E-state index contributed by atoms with van der Waals surface area (Å²) in [5, 5.41) is 17.6. The van der Waals surface area contributed by atoms with Gasteiger partial charge in [0, 0.05) is 11.6 Å². The minimum absolute atomic E-state index is 0.190. The number of alkyl halides is 3. The Morgan fingerprint density at radius 1 is 1.35 bits per heavy atom. The van der Waals surface area contributed by atoms with Crippen LogP contribution in [-0.4, -0.2) is 22.5 Å². The first kappa shape index (κ1) is 12.9. The van der Waals surface area contributed by atoms with Gasteiger partial charge in [0.25, 0.3) is 0 Å². The van der Waals surface area contributed by atoms with Crippen LogP contribution in [0.15, 0.2) is 24.3 Å². The van der Waals surface area contributed by atoms with Crippen LogP contribution in [0.1, 0.15) is 5.56 Å². The van der Waals surface area contributed by atoms with Gasteiger partial charge in [-0.3, -0.25) is 0 Å². The number of phenols is 1. The number of hydrogen-bond acceptors (Lipinski definition) is 3. The Balaban J connectivity index is 3.13. The number of carboxylic acids is 1. The van der Waals surface area contributed by atoms with Gasteiger partial charge in [-0.15, -0.1) is 13.2 Å². The molecule has 7 heteroatoms. The third-order valence-corrected chi connectivity index (χ3v) is 1.65. The first-order chi connectivity index (χ1) is 7.79. The van der Waals surface area contributed by atoms with E-state index >= 15 is 0 Å². The molecule has 4 nitrogen and oxygen atoms in total. The summed E-state index contributed by atoms with van der Waals surface area (Å²) < 4.78 is 39.7. The van der Waals surface area contributed by atoms with Crippen molar-refractivity contribution >= 4 is 12.0 Å². The van der Waals surface area contributed by atoms with Gasteiger partial charge in [0.05, 0.1) is 0 Å². The fourth-order valence-electron chi connectivity index (χ4n) is 1.06. The lowest BCUT2D eigenvalue weighted by Crippen LogP contribution is -2.17. The van der Waals surface area contributed by atoms with Crippen molar-refractivity contribution in [3.05, 3.63) is 29.8 Å². The Kier molecular flexibility index (Phi) is 3.62. The third kappa shape index (κ3) is 4.06. The van der Waals surface area contributed by atoms with Crippen LogP contribution >= 0.6 is 0 Å². The summed E-state index contributed by atoms with van der Waals surface area (Å²) in [5.41, 5.74) is -0.190. The molecule has 0 saturated carbocycles. The average molecular weight is 248 g/mol. The molecule has 0 radical (unpaired) electrons. The van der Waals surface area contributed by atoms with Crippen molar-refractivity contribution in [3.8, 4) is 11.5 Å². The molecule has 0 heterocycles. The van der Waals surface area contributed by atoms with Crippen LogP contribution in [-0.2, 0) is 4.79 Å². The molecular formula is C10H7F3O4. The number of benzene rings is 1. The van der Waals surface area contributed by atoms with E-state index in [-0.39, 0.29) is 5.56 Å². The van der Waals surface area contributed by atoms with Crippen molar-refractivity contribution in [1.82, 2.24) is 0 Å². The van der Waals surface area contributed by atoms with E-state index in [1.807, 2.05) is 0 Å². The normalized spacial score (nSPS) is 11.7. The average Bonchev–Trinajstić information content (AvgIpc) is 2.17. The summed E-state index contributed by atoms with van der Waals surface area (Å²) in [6.07, 6.45) is -3.44. The van der Waals surface area contributed by atoms with Crippen LogP contribution in [0.4, 0.5) is 13.2 Å². The van der Waals surface area contributed by atoms with Crippen LogP contribution in [0.25, 0.3) is 6.08 Å². The number of carbonyl (C=O) groups is 1. The van der Waals surface area contributed by atoms with Gasteiger partial charge in [0.1, 0.15) is 0 Å². The molecule has 0 fully saturated rings. The molecular weight excluding hydrogens is 241 g/mol. The topological polar surface area (TPSA) is 66.8 Å². The number of halogens is 3. The van der Waals surface area contributed by atoms with Crippen molar-refractivity contribution in [1.29, 1.82) is 0 Å². The lowest BCUT2D eigenvalue weighted by Gasteiger charge is -2.12.